The Morgan fingerprint density at radius 1 is 1.33 bits per heavy atom. The Hall–Kier alpha value is -2.32. The standard InChI is InChI=1S/C16H19F2N3O3/c1-16(9-22,10-23)8-20(2)15(24)11-6-19-21(7-11)14-4-3-12(17)5-13(14)18/h3-7,22-23H,8-10H2,1-2H3. The number of rotatable bonds is 6. The maximum Gasteiger partial charge on any atom is 0.256 e. The van der Waals surface area contributed by atoms with E-state index in [1.807, 2.05) is 0 Å². The number of aliphatic hydroxyl groups is 2. The van der Waals surface area contributed by atoms with Gasteiger partial charge in [-0.15, -0.1) is 0 Å². The van der Waals surface area contributed by atoms with Crippen molar-refractivity contribution in [3.8, 4) is 5.69 Å². The summed E-state index contributed by atoms with van der Waals surface area (Å²) in [7, 11) is 1.53. The van der Waals surface area contributed by atoms with Gasteiger partial charge in [-0.3, -0.25) is 4.79 Å². The fourth-order valence-electron chi connectivity index (χ4n) is 2.25. The number of aliphatic hydroxyl groups excluding tert-OH is 2. The molecule has 1 aromatic carbocycles. The monoisotopic (exact) mass is 339 g/mol. The zero-order valence-electron chi connectivity index (χ0n) is 13.4. The third-order valence-corrected chi connectivity index (χ3v) is 3.72. The quantitative estimate of drug-likeness (QED) is 0.829. The first kappa shape index (κ1) is 18.0. The lowest BCUT2D eigenvalue weighted by molar-refractivity contribution is 0.0366. The molecule has 0 aliphatic carbocycles. The molecule has 0 unspecified atom stereocenters. The maximum atomic E-state index is 13.8. The lowest BCUT2D eigenvalue weighted by Gasteiger charge is -2.30. The molecule has 1 heterocycles. The minimum absolute atomic E-state index is 0.0219. The van der Waals surface area contributed by atoms with Gasteiger partial charge in [-0.1, -0.05) is 6.92 Å². The molecule has 0 radical (unpaired) electrons. The van der Waals surface area contributed by atoms with E-state index in [4.69, 9.17) is 0 Å². The Morgan fingerprint density at radius 3 is 2.58 bits per heavy atom. The summed E-state index contributed by atoms with van der Waals surface area (Å²) < 4.78 is 27.9. The molecular weight excluding hydrogens is 320 g/mol. The number of carbonyl (C=O) groups is 1. The van der Waals surface area contributed by atoms with E-state index in [0.29, 0.717) is 0 Å². The van der Waals surface area contributed by atoms with Gasteiger partial charge in [0.05, 0.1) is 25.0 Å². The number of amides is 1. The van der Waals surface area contributed by atoms with Gasteiger partial charge in [0.1, 0.15) is 11.5 Å². The van der Waals surface area contributed by atoms with Crippen LogP contribution in [0.1, 0.15) is 17.3 Å². The number of nitrogens with zero attached hydrogens (tertiary/aromatic N) is 3. The molecule has 8 heteroatoms. The molecular formula is C16H19F2N3O3. The average Bonchev–Trinajstić information content (AvgIpc) is 3.03. The van der Waals surface area contributed by atoms with E-state index in [0.717, 1.165) is 16.8 Å². The molecule has 0 atom stereocenters. The number of halogens is 2. The molecule has 0 aliphatic rings. The Morgan fingerprint density at radius 2 is 2.00 bits per heavy atom. The van der Waals surface area contributed by atoms with E-state index in [1.54, 1.807) is 6.92 Å². The van der Waals surface area contributed by atoms with Crippen molar-refractivity contribution < 1.29 is 23.8 Å². The number of hydrogen-bond donors (Lipinski definition) is 2. The normalized spacial score (nSPS) is 11.6. The zero-order valence-corrected chi connectivity index (χ0v) is 13.4. The van der Waals surface area contributed by atoms with Crippen molar-refractivity contribution in [2.75, 3.05) is 26.8 Å². The molecule has 0 saturated heterocycles. The van der Waals surface area contributed by atoms with E-state index >= 15 is 0 Å². The highest BCUT2D eigenvalue weighted by Crippen LogP contribution is 2.18. The summed E-state index contributed by atoms with van der Waals surface area (Å²) in [4.78, 5) is 13.7. The van der Waals surface area contributed by atoms with Crippen LogP contribution in [0.2, 0.25) is 0 Å². The number of carbonyl (C=O) groups excluding carboxylic acids is 1. The van der Waals surface area contributed by atoms with Crippen LogP contribution in [-0.4, -0.2) is 57.6 Å². The van der Waals surface area contributed by atoms with Gasteiger partial charge in [0.15, 0.2) is 5.82 Å². The van der Waals surface area contributed by atoms with Gasteiger partial charge in [-0.05, 0) is 12.1 Å². The van der Waals surface area contributed by atoms with Crippen molar-refractivity contribution in [2.24, 2.45) is 5.41 Å². The number of benzene rings is 1. The van der Waals surface area contributed by atoms with Crippen LogP contribution >= 0.6 is 0 Å². The highest BCUT2D eigenvalue weighted by Gasteiger charge is 2.27. The van der Waals surface area contributed by atoms with Gasteiger partial charge >= 0.3 is 0 Å². The third-order valence-electron chi connectivity index (χ3n) is 3.72. The second-order valence-electron chi connectivity index (χ2n) is 6.06. The number of hydrogen-bond acceptors (Lipinski definition) is 4. The van der Waals surface area contributed by atoms with Gasteiger partial charge in [-0.25, -0.2) is 13.5 Å². The minimum Gasteiger partial charge on any atom is -0.396 e. The minimum atomic E-state index is -0.830. The van der Waals surface area contributed by atoms with Crippen LogP contribution in [0.15, 0.2) is 30.6 Å². The van der Waals surface area contributed by atoms with Gasteiger partial charge in [-0.2, -0.15) is 5.10 Å². The van der Waals surface area contributed by atoms with E-state index < -0.39 is 23.0 Å². The summed E-state index contributed by atoms with van der Waals surface area (Å²) in [5.41, 5.74) is -0.600. The highest BCUT2D eigenvalue weighted by atomic mass is 19.1. The smallest absolute Gasteiger partial charge is 0.256 e. The molecule has 0 bridgehead atoms. The van der Waals surface area contributed by atoms with Crippen LogP contribution in [0.25, 0.3) is 5.69 Å². The van der Waals surface area contributed by atoms with E-state index in [9.17, 15) is 23.8 Å². The molecule has 1 aromatic heterocycles. The summed E-state index contributed by atoms with van der Waals surface area (Å²) >= 11 is 0. The summed E-state index contributed by atoms with van der Waals surface area (Å²) in [5, 5.41) is 22.5. The van der Waals surface area contributed by atoms with Gasteiger partial charge in [0.2, 0.25) is 0 Å². The van der Waals surface area contributed by atoms with E-state index in [1.165, 1.54) is 30.4 Å². The van der Waals surface area contributed by atoms with Crippen molar-refractivity contribution in [3.05, 3.63) is 47.8 Å². The van der Waals surface area contributed by atoms with Crippen LogP contribution in [-0.2, 0) is 0 Å². The van der Waals surface area contributed by atoms with Crippen molar-refractivity contribution in [1.82, 2.24) is 14.7 Å². The van der Waals surface area contributed by atoms with E-state index in [2.05, 4.69) is 5.10 Å². The molecule has 130 valence electrons. The molecule has 24 heavy (non-hydrogen) atoms. The molecule has 0 aliphatic heterocycles. The van der Waals surface area contributed by atoms with Crippen molar-refractivity contribution in [2.45, 2.75) is 6.92 Å². The van der Waals surface area contributed by atoms with Gasteiger partial charge in [0, 0.05) is 31.3 Å². The Labute approximate surface area is 137 Å². The Kier molecular flexibility index (Phi) is 5.30. The van der Waals surface area contributed by atoms with Gasteiger partial charge < -0.3 is 15.1 Å². The highest BCUT2D eigenvalue weighted by molar-refractivity contribution is 5.93. The second-order valence-corrected chi connectivity index (χ2v) is 6.06. The molecule has 0 fully saturated rings. The maximum absolute atomic E-state index is 13.8. The summed E-state index contributed by atoms with van der Waals surface area (Å²) in [6, 6.07) is 3.06. The molecule has 0 spiro atoms. The van der Waals surface area contributed by atoms with Crippen LogP contribution < -0.4 is 0 Å². The first-order valence-electron chi connectivity index (χ1n) is 7.27. The van der Waals surface area contributed by atoms with E-state index in [-0.39, 0.29) is 31.0 Å². The lowest BCUT2D eigenvalue weighted by atomic mass is 9.92. The molecule has 2 aromatic rings. The molecule has 6 nitrogen and oxygen atoms in total. The SMILES string of the molecule is CN(CC(C)(CO)CO)C(=O)c1cnn(-c2ccc(F)cc2F)c1. The van der Waals surface area contributed by atoms with Crippen molar-refractivity contribution in [1.29, 1.82) is 0 Å². The van der Waals surface area contributed by atoms with Crippen LogP contribution in [0.3, 0.4) is 0 Å². The lowest BCUT2D eigenvalue weighted by Crippen LogP contribution is -2.41. The predicted molar refractivity (Wildman–Crippen MR) is 82.7 cm³/mol. The number of aromatic nitrogens is 2. The zero-order chi connectivity index (χ0) is 17.9. The Balaban J connectivity index is 2.19. The van der Waals surface area contributed by atoms with Crippen LogP contribution in [0.5, 0.6) is 0 Å². The fourth-order valence-corrected chi connectivity index (χ4v) is 2.25. The molecule has 1 amide bonds. The van der Waals surface area contributed by atoms with Crippen molar-refractivity contribution in [3.63, 3.8) is 0 Å². The first-order chi connectivity index (χ1) is 11.3. The summed E-state index contributed by atoms with van der Waals surface area (Å²) in [6.07, 6.45) is 2.61. The third kappa shape index (κ3) is 3.77. The van der Waals surface area contributed by atoms with Crippen molar-refractivity contribution >= 4 is 5.91 Å². The summed E-state index contributed by atoms with van der Waals surface area (Å²) in [5.74, 6) is -1.89. The van der Waals surface area contributed by atoms with Crippen LogP contribution in [0, 0.1) is 17.0 Å². The predicted octanol–water partition coefficient (Wildman–Crippen LogP) is 1.21. The first-order valence-corrected chi connectivity index (χ1v) is 7.27. The molecule has 2 N–H and O–H groups in total. The largest absolute Gasteiger partial charge is 0.396 e. The van der Waals surface area contributed by atoms with Crippen LogP contribution in [0.4, 0.5) is 8.78 Å². The topological polar surface area (TPSA) is 78.6 Å². The summed E-state index contributed by atoms with van der Waals surface area (Å²) in [6.45, 7) is 1.23. The fraction of sp³-hybridized carbons (Fsp3) is 0.375. The van der Waals surface area contributed by atoms with Gasteiger partial charge in [0.25, 0.3) is 5.91 Å². The molecule has 0 saturated carbocycles. The molecule has 2 rings (SSSR count). The Bertz CT molecular complexity index is 729. The second kappa shape index (κ2) is 7.06. The average molecular weight is 339 g/mol.